The van der Waals surface area contributed by atoms with Gasteiger partial charge in [0.1, 0.15) is 0 Å². The SMILES string of the molecule is C.Nc1ccc(-c2cccc3ccccc23)cc1.Nc1ccc(Br)cc1.OB(O)c1cccc2ccccc12. The van der Waals surface area contributed by atoms with Crippen molar-refractivity contribution in [1.82, 2.24) is 0 Å². The molecule has 4 nitrogen and oxygen atoms in total. The summed E-state index contributed by atoms with van der Waals surface area (Å²) in [5, 5.41) is 22.6. The molecule has 0 aliphatic carbocycles. The highest BCUT2D eigenvalue weighted by molar-refractivity contribution is 9.10. The van der Waals surface area contributed by atoms with Gasteiger partial charge in [-0.25, -0.2) is 0 Å². The predicted octanol–water partition coefficient (Wildman–Crippen LogP) is 7.28. The van der Waals surface area contributed by atoms with Gasteiger partial charge in [-0.1, -0.05) is 120 Å². The maximum absolute atomic E-state index is 9.08. The van der Waals surface area contributed by atoms with Crippen LogP contribution in [0.5, 0.6) is 0 Å². The molecule has 6 aromatic rings. The summed E-state index contributed by atoms with van der Waals surface area (Å²) in [4.78, 5) is 0. The van der Waals surface area contributed by atoms with Gasteiger partial charge in [0.15, 0.2) is 0 Å². The average molecular weight is 579 g/mol. The summed E-state index contributed by atoms with van der Waals surface area (Å²) >= 11 is 3.29. The van der Waals surface area contributed by atoms with Crippen LogP contribution < -0.4 is 16.9 Å². The van der Waals surface area contributed by atoms with Gasteiger partial charge in [0.05, 0.1) is 0 Å². The molecule has 0 saturated heterocycles. The van der Waals surface area contributed by atoms with Crippen LogP contribution >= 0.6 is 15.9 Å². The van der Waals surface area contributed by atoms with Gasteiger partial charge in [-0.3, -0.25) is 0 Å². The van der Waals surface area contributed by atoms with Gasteiger partial charge in [0, 0.05) is 15.8 Å². The Balaban J connectivity index is 0.000000170. The lowest BCUT2D eigenvalue weighted by Gasteiger charge is -2.06. The molecule has 0 saturated carbocycles. The van der Waals surface area contributed by atoms with Crippen LogP contribution in [0.15, 0.2) is 138 Å². The fourth-order valence-electron chi connectivity index (χ4n) is 4.08. The number of halogens is 1. The first-order valence-corrected chi connectivity index (χ1v) is 12.9. The minimum absolute atomic E-state index is 0. The Morgan fingerprint density at radius 2 is 0.974 bits per heavy atom. The van der Waals surface area contributed by atoms with Crippen LogP contribution in [0.2, 0.25) is 0 Å². The molecule has 6 heteroatoms. The van der Waals surface area contributed by atoms with Gasteiger partial charge in [-0.15, -0.1) is 0 Å². The molecule has 6 rings (SSSR count). The van der Waals surface area contributed by atoms with Crippen molar-refractivity contribution >= 4 is 61.4 Å². The minimum atomic E-state index is -1.40. The summed E-state index contributed by atoms with van der Waals surface area (Å²) < 4.78 is 1.06. The van der Waals surface area contributed by atoms with E-state index in [0.29, 0.717) is 5.46 Å². The van der Waals surface area contributed by atoms with E-state index < -0.39 is 7.12 Å². The second-order valence-electron chi connectivity index (χ2n) is 8.64. The first kappa shape index (κ1) is 29.5. The topological polar surface area (TPSA) is 92.5 Å². The average Bonchev–Trinajstić information content (AvgIpc) is 2.95. The van der Waals surface area contributed by atoms with E-state index in [9.17, 15) is 0 Å². The number of benzene rings is 6. The molecule has 0 spiro atoms. The van der Waals surface area contributed by atoms with Crippen molar-refractivity contribution in [3.05, 3.63) is 138 Å². The fraction of sp³-hybridized carbons (Fsp3) is 0.0303. The maximum atomic E-state index is 9.08. The largest absolute Gasteiger partial charge is 0.489 e. The normalized spacial score (nSPS) is 9.92. The highest BCUT2D eigenvalue weighted by Gasteiger charge is 2.13. The van der Waals surface area contributed by atoms with Crippen molar-refractivity contribution in [2.75, 3.05) is 11.5 Å². The molecule has 0 aliphatic rings. The number of rotatable bonds is 2. The molecule has 0 atom stereocenters. The number of nitrogens with two attached hydrogens (primary N) is 2. The van der Waals surface area contributed by atoms with Gasteiger partial charge in [-0.2, -0.15) is 0 Å². The standard InChI is InChI=1S/C16H13N.C10H9BO2.C6H6BrN.CH4/c17-14-10-8-13(9-11-14)16-7-3-5-12-4-1-2-6-15(12)16;12-11(13)10-7-3-5-8-4-1-2-6-9(8)10;7-5-1-3-6(8)4-2-5;/h1-11H,17H2;1-7,12-13H;1-4H,8H2;1H4. The minimum Gasteiger partial charge on any atom is -0.423 e. The summed E-state index contributed by atoms with van der Waals surface area (Å²) in [5.41, 5.74) is 15.7. The maximum Gasteiger partial charge on any atom is 0.489 e. The molecule has 0 amide bonds. The molecular weight excluding hydrogens is 547 g/mol. The number of hydrogen-bond donors (Lipinski definition) is 4. The lowest BCUT2D eigenvalue weighted by molar-refractivity contribution is 0.426. The summed E-state index contributed by atoms with van der Waals surface area (Å²) in [6.45, 7) is 0. The highest BCUT2D eigenvalue weighted by atomic mass is 79.9. The van der Waals surface area contributed by atoms with E-state index in [2.05, 4.69) is 70.5 Å². The lowest BCUT2D eigenvalue weighted by Crippen LogP contribution is -2.30. The lowest BCUT2D eigenvalue weighted by atomic mass is 9.77. The Labute approximate surface area is 238 Å². The van der Waals surface area contributed by atoms with Gasteiger partial charge >= 0.3 is 7.12 Å². The third-order valence-electron chi connectivity index (χ3n) is 5.98. The quantitative estimate of drug-likeness (QED) is 0.128. The summed E-state index contributed by atoms with van der Waals surface area (Å²) in [7, 11) is -1.40. The number of fused-ring (bicyclic) bond motifs is 2. The van der Waals surface area contributed by atoms with Gasteiger partial charge in [0.25, 0.3) is 0 Å². The Kier molecular flexibility index (Phi) is 10.7. The van der Waals surface area contributed by atoms with E-state index in [-0.39, 0.29) is 7.43 Å². The summed E-state index contributed by atoms with van der Waals surface area (Å²) in [5.74, 6) is 0. The molecule has 0 aromatic heterocycles. The Hall–Kier alpha value is -4.10. The summed E-state index contributed by atoms with van der Waals surface area (Å²) in [6.07, 6.45) is 0. The highest BCUT2D eigenvalue weighted by Crippen LogP contribution is 2.28. The summed E-state index contributed by atoms with van der Waals surface area (Å²) in [6, 6.07) is 43.5. The van der Waals surface area contributed by atoms with Crippen LogP contribution in [0.4, 0.5) is 11.4 Å². The zero-order valence-electron chi connectivity index (χ0n) is 20.7. The van der Waals surface area contributed by atoms with Gasteiger partial charge < -0.3 is 21.5 Å². The van der Waals surface area contributed by atoms with Crippen molar-refractivity contribution in [3.63, 3.8) is 0 Å². The van der Waals surface area contributed by atoms with Crippen molar-refractivity contribution < 1.29 is 10.0 Å². The molecule has 0 bridgehead atoms. The molecule has 196 valence electrons. The molecule has 0 radical (unpaired) electrons. The van der Waals surface area contributed by atoms with E-state index in [4.69, 9.17) is 21.5 Å². The van der Waals surface area contributed by atoms with Gasteiger partial charge in [0.2, 0.25) is 0 Å². The molecule has 6 N–H and O–H groups in total. The van der Waals surface area contributed by atoms with Crippen molar-refractivity contribution in [1.29, 1.82) is 0 Å². The van der Waals surface area contributed by atoms with E-state index in [1.54, 1.807) is 6.07 Å². The Morgan fingerprint density at radius 3 is 1.54 bits per heavy atom. The number of nitrogen functional groups attached to an aromatic ring is 2. The zero-order chi connectivity index (χ0) is 26.9. The first-order chi connectivity index (χ1) is 18.4. The molecule has 0 aliphatic heterocycles. The first-order valence-electron chi connectivity index (χ1n) is 12.1. The number of anilines is 2. The zero-order valence-corrected chi connectivity index (χ0v) is 22.3. The monoisotopic (exact) mass is 578 g/mol. The Bertz CT molecular complexity index is 1590. The Morgan fingerprint density at radius 1 is 0.513 bits per heavy atom. The van der Waals surface area contributed by atoms with Crippen molar-refractivity contribution in [2.24, 2.45) is 0 Å². The van der Waals surface area contributed by atoms with Crippen LogP contribution in [-0.4, -0.2) is 17.2 Å². The molecule has 6 aromatic carbocycles. The molecule has 39 heavy (non-hydrogen) atoms. The van der Waals surface area contributed by atoms with E-state index >= 15 is 0 Å². The third kappa shape index (κ3) is 7.95. The molecule has 0 unspecified atom stereocenters. The third-order valence-corrected chi connectivity index (χ3v) is 6.51. The van der Waals surface area contributed by atoms with Crippen LogP contribution in [0.3, 0.4) is 0 Å². The predicted molar refractivity (Wildman–Crippen MR) is 173 cm³/mol. The van der Waals surface area contributed by atoms with Crippen LogP contribution in [-0.2, 0) is 0 Å². The molecule has 0 heterocycles. The smallest absolute Gasteiger partial charge is 0.423 e. The fourth-order valence-corrected chi connectivity index (χ4v) is 4.34. The molecular formula is C33H32BBrN2O2. The van der Waals surface area contributed by atoms with E-state index in [0.717, 1.165) is 26.6 Å². The molecule has 0 fully saturated rings. The van der Waals surface area contributed by atoms with Crippen LogP contribution in [0, 0.1) is 0 Å². The second kappa shape index (κ2) is 14.2. The van der Waals surface area contributed by atoms with Crippen LogP contribution in [0.1, 0.15) is 7.43 Å². The second-order valence-corrected chi connectivity index (χ2v) is 9.56. The van der Waals surface area contributed by atoms with Gasteiger partial charge in [-0.05, 0) is 74.5 Å². The van der Waals surface area contributed by atoms with E-state index in [1.165, 1.54) is 21.9 Å². The van der Waals surface area contributed by atoms with Crippen molar-refractivity contribution in [2.45, 2.75) is 7.43 Å². The van der Waals surface area contributed by atoms with Crippen molar-refractivity contribution in [3.8, 4) is 11.1 Å². The van der Waals surface area contributed by atoms with Crippen LogP contribution in [0.25, 0.3) is 32.7 Å². The number of hydrogen-bond acceptors (Lipinski definition) is 4. The van der Waals surface area contributed by atoms with E-state index in [1.807, 2.05) is 72.8 Å².